The van der Waals surface area contributed by atoms with Crippen molar-refractivity contribution >= 4 is 17.5 Å². The van der Waals surface area contributed by atoms with Gasteiger partial charge in [0.1, 0.15) is 5.82 Å². The number of carbonyl (C=O) groups excluding carboxylic acids is 2. The first-order chi connectivity index (χ1) is 13.4. The number of anilines is 1. The van der Waals surface area contributed by atoms with E-state index < -0.39 is 0 Å². The summed E-state index contributed by atoms with van der Waals surface area (Å²) in [4.78, 5) is 29.3. The Kier molecular flexibility index (Phi) is 6.92. The summed E-state index contributed by atoms with van der Waals surface area (Å²) in [5, 5.41) is 3.02. The van der Waals surface area contributed by atoms with Gasteiger partial charge in [-0.2, -0.15) is 0 Å². The van der Waals surface area contributed by atoms with Gasteiger partial charge < -0.3 is 15.1 Å². The lowest BCUT2D eigenvalue weighted by atomic mass is 9.80. The Morgan fingerprint density at radius 2 is 1.57 bits per heavy atom. The maximum absolute atomic E-state index is 13.1. The number of rotatable bonds is 5. The first-order valence-electron chi connectivity index (χ1n) is 10.5. The SMILES string of the molecule is CC(C)CNC(=O)C1CCC(C(=O)N2CCN(c3ccc(F)cc3)CC2)CC1. The van der Waals surface area contributed by atoms with Gasteiger partial charge in [0.25, 0.3) is 0 Å². The number of nitrogens with zero attached hydrogens (tertiary/aromatic N) is 2. The van der Waals surface area contributed by atoms with Crippen molar-refractivity contribution in [3.8, 4) is 0 Å². The van der Waals surface area contributed by atoms with Crippen LogP contribution in [0.15, 0.2) is 24.3 Å². The number of carbonyl (C=O) groups is 2. The van der Waals surface area contributed by atoms with E-state index in [1.165, 1.54) is 12.1 Å². The van der Waals surface area contributed by atoms with E-state index >= 15 is 0 Å². The summed E-state index contributed by atoms with van der Waals surface area (Å²) >= 11 is 0. The quantitative estimate of drug-likeness (QED) is 0.842. The maximum Gasteiger partial charge on any atom is 0.225 e. The topological polar surface area (TPSA) is 52.7 Å². The highest BCUT2D eigenvalue weighted by atomic mass is 19.1. The summed E-state index contributed by atoms with van der Waals surface area (Å²) in [7, 11) is 0. The van der Waals surface area contributed by atoms with Gasteiger partial charge in [-0.1, -0.05) is 13.8 Å². The van der Waals surface area contributed by atoms with Gasteiger partial charge in [0.15, 0.2) is 0 Å². The molecule has 1 saturated heterocycles. The molecule has 1 aliphatic carbocycles. The van der Waals surface area contributed by atoms with Crippen molar-refractivity contribution in [1.29, 1.82) is 0 Å². The van der Waals surface area contributed by atoms with Crippen LogP contribution in [0.25, 0.3) is 0 Å². The number of hydrogen-bond acceptors (Lipinski definition) is 3. The van der Waals surface area contributed by atoms with Crippen LogP contribution in [0.2, 0.25) is 0 Å². The van der Waals surface area contributed by atoms with Crippen molar-refractivity contribution in [1.82, 2.24) is 10.2 Å². The molecule has 0 aromatic heterocycles. The van der Waals surface area contributed by atoms with Gasteiger partial charge in [0.05, 0.1) is 0 Å². The highest BCUT2D eigenvalue weighted by Gasteiger charge is 2.33. The molecule has 1 aliphatic heterocycles. The highest BCUT2D eigenvalue weighted by Crippen LogP contribution is 2.30. The number of benzene rings is 1. The number of nitrogens with one attached hydrogen (secondary N) is 1. The average Bonchev–Trinajstić information content (AvgIpc) is 2.72. The Balaban J connectivity index is 1.43. The van der Waals surface area contributed by atoms with Crippen LogP contribution >= 0.6 is 0 Å². The van der Waals surface area contributed by atoms with Crippen molar-refractivity contribution in [2.75, 3.05) is 37.6 Å². The Hall–Kier alpha value is -2.11. The molecule has 0 atom stereocenters. The minimum absolute atomic E-state index is 0.0477. The van der Waals surface area contributed by atoms with Crippen LogP contribution in [0.1, 0.15) is 39.5 Å². The molecule has 2 aliphatic rings. The zero-order valence-electron chi connectivity index (χ0n) is 17.0. The summed E-state index contributed by atoms with van der Waals surface area (Å²) in [6.45, 7) is 7.83. The van der Waals surface area contributed by atoms with E-state index in [4.69, 9.17) is 0 Å². The zero-order valence-corrected chi connectivity index (χ0v) is 17.0. The van der Waals surface area contributed by atoms with E-state index in [1.54, 1.807) is 12.1 Å². The fraction of sp³-hybridized carbons (Fsp3) is 0.636. The Morgan fingerprint density at radius 3 is 2.14 bits per heavy atom. The van der Waals surface area contributed by atoms with Crippen molar-refractivity contribution in [3.05, 3.63) is 30.1 Å². The van der Waals surface area contributed by atoms with Crippen molar-refractivity contribution in [2.24, 2.45) is 17.8 Å². The molecule has 2 amide bonds. The summed E-state index contributed by atoms with van der Waals surface area (Å²) in [5.41, 5.74) is 1.00. The fourth-order valence-electron chi connectivity index (χ4n) is 4.15. The molecule has 5 nitrogen and oxygen atoms in total. The van der Waals surface area contributed by atoms with Gasteiger partial charge in [-0.05, 0) is 55.9 Å². The molecule has 0 unspecified atom stereocenters. The highest BCUT2D eigenvalue weighted by molar-refractivity contribution is 5.81. The van der Waals surface area contributed by atoms with Gasteiger partial charge in [0.2, 0.25) is 11.8 Å². The lowest BCUT2D eigenvalue weighted by Gasteiger charge is -2.38. The third kappa shape index (κ3) is 5.24. The maximum atomic E-state index is 13.1. The standard InChI is InChI=1S/C22H32FN3O2/c1-16(2)15-24-21(27)17-3-5-18(6-4-17)22(28)26-13-11-25(12-14-26)20-9-7-19(23)8-10-20/h7-10,16-18H,3-6,11-15H2,1-2H3,(H,24,27). The lowest BCUT2D eigenvalue weighted by Crippen LogP contribution is -2.51. The van der Waals surface area contributed by atoms with E-state index in [0.29, 0.717) is 19.0 Å². The second kappa shape index (κ2) is 9.39. The summed E-state index contributed by atoms with van der Waals surface area (Å²) in [5.74, 6) is 0.707. The number of hydrogen-bond donors (Lipinski definition) is 1. The van der Waals surface area contributed by atoms with E-state index in [1.807, 2.05) is 4.90 Å². The summed E-state index contributed by atoms with van der Waals surface area (Å²) < 4.78 is 13.1. The monoisotopic (exact) mass is 389 g/mol. The van der Waals surface area contributed by atoms with Crippen LogP contribution in [0, 0.1) is 23.6 Å². The molecule has 1 N–H and O–H groups in total. The fourth-order valence-corrected chi connectivity index (χ4v) is 4.15. The number of halogens is 1. The largest absolute Gasteiger partial charge is 0.368 e. The van der Waals surface area contributed by atoms with Crippen LogP contribution < -0.4 is 10.2 Å². The molecule has 1 heterocycles. The molecule has 1 aromatic rings. The van der Waals surface area contributed by atoms with E-state index in [-0.39, 0.29) is 29.5 Å². The van der Waals surface area contributed by atoms with Crippen molar-refractivity contribution < 1.29 is 14.0 Å². The number of amides is 2. The molecule has 0 bridgehead atoms. The van der Waals surface area contributed by atoms with Gasteiger partial charge in [-0.15, -0.1) is 0 Å². The molecule has 0 spiro atoms. The minimum atomic E-state index is -0.231. The third-order valence-corrected chi connectivity index (χ3v) is 5.91. The Bertz CT molecular complexity index is 661. The van der Waals surface area contributed by atoms with Gasteiger partial charge in [-0.3, -0.25) is 9.59 Å². The third-order valence-electron chi connectivity index (χ3n) is 5.91. The van der Waals surface area contributed by atoms with Gasteiger partial charge in [0, 0.05) is 50.2 Å². The minimum Gasteiger partial charge on any atom is -0.368 e. The van der Waals surface area contributed by atoms with Crippen molar-refractivity contribution in [2.45, 2.75) is 39.5 Å². The lowest BCUT2D eigenvalue weighted by molar-refractivity contribution is -0.138. The van der Waals surface area contributed by atoms with Crippen LogP contribution in [-0.4, -0.2) is 49.4 Å². The Morgan fingerprint density at radius 1 is 1.00 bits per heavy atom. The predicted octanol–water partition coefficient (Wildman–Crippen LogP) is 3.05. The van der Waals surface area contributed by atoms with Crippen LogP contribution in [0.4, 0.5) is 10.1 Å². The molecular formula is C22H32FN3O2. The normalized spacial score (nSPS) is 23.0. The molecule has 154 valence electrons. The molecule has 1 aromatic carbocycles. The first kappa shape index (κ1) is 20.6. The zero-order chi connectivity index (χ0) is 20.1. The molecule has 3 rings (SSSR count). The van der Waals surface area contributed by atoms with E-state index in [0.717, 1.165) is 51.0 Å². The molecule has 1 saturated carbocycles. The van der Waals surface area contributed by atoms with Crippen LogP contribution in [0.3, 0.4) is 0 Å². The molecule has 28 heavy (non-hydrogen) atoms. The van der Waals surface area contributed by atoms with E-state index in [9.17, 15) is 14.0 Å². The first-order valence-corrected chi connectivity index (χ1v) is 10.5. The second-order valence-electron chi connectivity index (χ2n) is 8.48. The van der Waals surface area contributed by atoms with Crippen LogP contribution in [0.5, 0.6) is 0 Å². The summed E-state index contributed by atoms with van der Waals surface area (Å²) in [6, 6.07) is 6.53. The predicted molar refractivity (Wildman–Crippen MR) is 108 cm³/mol. The average molecular weight is 390 g/mol. The second-order valence-corrected chi connectivity index (χ2v) is 8.48. The molecule has 6 heteroatoms. The van der Waals surface area contributed by atoms with Crippen LogP contribution in [-0.2, 0) is 9.59 Å². The Labute approximate surface area is 167 Å². The van der Waals surface area contributed by atoms with Gasteiger partial charge >= 0.3 is 0 Å². The van der Waals surface area contributed by atoms with Gasteiger partial charge in [-0.25, -0.2) is 4.39 Å². The van der Waals surface area contributed by atoms with E-state index in [2.05, 4.69) is 24.1 Å². The summed E-state index contributed by atoms with van der Waals surface area (Å²) in [6.07, 6.45) is 3.21. The molecule has 2 fully saturated rings. The van der Waals surface area contributed by atoms with Crippen molar-refractivity contribution in [3.63, 3.8) is 0 Å². The smallest absolute Gasteiger partial charge is 0.225 e. The molecular weight excluding hydrogens is 357 g/mol. The number of piperazine rings is 1. The molecule has 0 radical (unpaired) electrons.